The molecule has 0 bridgehead atoms. The van der Waals surface area contributed by atoms with Gasteiger partial charge in [0.1, 0.15) is 0 Å². The van der Waals surface area contributed by atoms with Gasteiger partial charge in [0.05, 0.1) is 12.1 Å². The predicted molar refractivity (Wildman–Crippen MR) is 95.2 cm³/mol. The predicted octanol–water partition coefficient (Wildman–Crippen LogP) is 2.54. The van der Waals surface area contributed by atoms with Gasteiger partial charge >= 0.3 is 0 Å². The van der Waals surface area contributed by atoms with Gasteiger partial charge in [-0.1, -0.05) is 24.4 Å². The molecule has 0 unspecified atom stereocenters. The summed E-state index contributed by atoms with van der Waals surface area (Å²) in [6.07, 6.45) is 10.3. The number of aliphatic hydroxyl groups is 1. The summed E-state index contributed by atoms with van der Waals surface area (Å²) in [5.74, 6) is 2.19. The molecule has 1 atom stereocenters. The second-order valence-corrected chi connectivity index (χ2v) is 8.55. The Bertz CT molecular complexity index is 566. The summed E-state index contributed by atoms with van der Waals surface area (Å²) in [6.45, 7) is 3.71. The van der Waals surface area contributed by atoms with Crippen LogP contribution in [0.4, 0.5) is 0 Å². The highest BCUT2D eigenvalue weighted by Gasteiger charge is 2.34. The molecule has 1 saturated heterocycles. The number of likely N-dealkylation sites (N-methyl/N-ethyl adjacent to an activating group) is 1. The van der Waals surface area contributed by atoms with Crippen LogP contribution < -0.4 is 0 Å². The molecule has 3 fully saturated rings. The first-order valence-corrected chi connectivity index (χ1v) is 10.1. The largest absolute Gasteiger partial charge is 0.389 e. The van der Waals surface area contributed by atoms with E-state index in [-0.39, 0.29) is 0 Å². The van der Waals surface area contributed by atoms with E-state index in [9.17, 15) is 5.11 Å². The molecule has 2 aliphatic carbocycles. The van der Waals surface area contributed by atoms with Crippen LogP contribution in [-0.4, -0.2) is 63.4 Å². The van der Waals surface area contributed by atoms with Crippen molar-refractivity contribution in [2.75, 3.05) is 26.7 Å². The molecule has 0 spiro atoms. The molecule has 1 aromatic heterocycles. The molecule has 140 valence electrons. The van der Waals surface area contributed by atoms with Gasteiger partial charge in [-0.2, -0.15) is 4.98 Å². The van der Waals surface area contributed by atoms with E-state index in [1.54, 1.807) is 0 Å². The van der Waals surface area contributed by atoms with Crippen LogP contribution in [0, 0.1) is 0 Å². The summed E-state index contributed by atoms with van der Waals surface area (Å²) in [6, 6.07) is 0.509. The Morgan fingerprint density at radius 3 is 2.76 bits per heavy atom. The first-order chi connectivity index (χ1) is 12.1. The van der Waals surface area contributed by atoms with E-state index in [4.69, 9.17) is 4.52 Å². The minimum Gasteiger partial charge on any atom is -0.389 e. The van der Waals surface area contributed by atoms with Gasteiger partial charge in [-0.3, -0.25) is 9.80 Å². The van der Waals surface area contributed by atoms with Gasteiger partial charge in [0.25, 0.3) is 0 Å². The number of likely N-dealkylation sites (tertiary alicyclic amines) is 1. The third-order valence-electron chi connectivity index (χ3n) is 6.21. The van der Waals surface area contributed by atoms with E-state index in [1.807, 2.05) is 0 Å². The number of piperidine rings is 1. The Hall–Kier alpha value is -0.980. The Balaban J connectivity index is 1.30. The zero-order chi connectivity index (χ0) is 17.3. The van der Waals surface area contributed by atoms with Crippen molar-refractivity contribution in [1.29, 1.82) is 0 Å². The SMILES string of the molecule is CN(CC1(O)CCCCC1)[C@@H]1CCCN(Cc2noc(C3CC3)n2)C1. The van der Waals surface area contributed by atoms with Crippen molar-refractivity contribution >= 4 is 0 Å². The number of hydrogen-bond donors (Lipinski definition) is 1. The van der Waals surface area contributed by atoms with Crippen molar-refractivity contribution in [3.05, 3.63) is 11.7 Å². The highest BCUT2D eigenvalue weighted by molar-refractivity contribution is 5.02. The topological polar surface area (TPSA) is 65.6 Å². The van der Waals surface area contributed by atoms with Crippen LogP contribution in [0.25, 0.3) is 0 Å². The highest BCUT2D eigenvalue weighted by atomic mass is 16.5. The van der Waals surface area contributed by atoms with Crippen LogP contribution in [0.3, 0.4) is 0 Å². The molecule has 6 heteroatoms. The second kappa shape index (κ2) is 7.33. The number of rotatable bonds is 6. The molecule has 4 rings (SSSR count). The smallest absolute Gasteiger partial charge is 0.229 e. The van der Waals surface area contributed by atoms with E-state index >= 15 is 0 Å². The number of aromatic nitrogens is 2. The van der Waals surface area contributed by atoms with E-state index < -0.39 is 5.60 Å². The van der Waals surface area contributed by atoms with E-state index in [0.717, 1.165) is 50.7 Å². The normalized spacial score (nSPS) is 27.7. The van der Waals surface area contributed by atoms with Crippen molar-refractivity contribution in [2.45, 2.75) is 81.9 Å². The van der Waals surface area contributed by atoms with E-state index in [1.165, 1.54) is 44.9 Å². The van der Waals surface area contributed by atoms with Gasteiger partial charge in [-0.05, 0) is 52.1 Å². The first kappa shape index (κ1) is 17.4. The maximum Gasteiger partial charge on any atom is 0.229 e. The summed E-state index contributed by atoms with van der Waals surface area (Å²) >= 11 is 0. The molecule has 2 saturated carbocycles. The third-order valence-corrected chi connectivity index (χ3v) is 6.21. The van der Waals surface area contributed by atoms with Gasteiger partial charge in [-0.15, -0.1) is 0 Å². The minimum atomic E-state index is -0.470. The van der Waals surface area contributed by atoms with Gasteiger partial charge in [0.15, 0.2) is 5.82 Å². The van der Waals surface area contributed by atoms with Crippen LogP contribution in [0.5, 0.6) is 0 Å². The van der Waals surface area contributed by atoms with Crippen LogP contribution in [0.15, 0.2) is 4.52 Å². The van der Waals surface area contributed by atoms with Crippen molar-refractivity contribution in [3.63, 3.8) is 0 Å². The molecule has 3 aliphatic rings. The van der Waals surface area contributed by atoms with Crippen LogP contribution in [0.1, 0.15) is 75.4 Å². The molecule has 1 aliphatic heterocycles. The summed E-state index contributed by atoms with van der Waals surface area (Å²) < 4.78 is 5.39. The molecule has 25 heavy (non-hydrogen) atoms. The Kier molecular flexibility index (Phi) is 5.11. The fourth-order valence-electron chi connectivity index (χ4n) is 4.52. The Labute approximate surface area is 150 Å². The molecule has 0 amide bonds. The lowest BCUT2D eigenvalue weighted by atomic mass is 9.84. The fraction of sp³-hybridized carbons (Fsp3) is 0.895. The van der Waals surface area contributed by atoms with E-state index in [0.29, 0.717) is 12.0 Å². The van der Waals surface area contributed by atoms with Crippen molar-refractivity contribution in [1.82, 2.24) is 19.9 Å². The molecule has 1 N–H and O–H groups in total. The van der Waals surface area contributed by atoms with Crippen LogP contribution in [0.2, 0.25) is 0 Å². The molecule has 6 nitrogen and oxygen atoms in total. The van der Waals surface area contributed by atoms with Gasteiger partial charge in [-0.25, -0.2) is 0 Å². The van der Waals surface area contributed by atoms with Gasteiger partial charge < -0.3 is 9.63 Å². The lowest BCUT2D eigenvalue weighted by Crippen LogP contribution is -2.51. The number of hydrogen-bond acceptors (Lipinski definition) is 6. The molecule has 1 aromatic rings. The zero-order valence-corrected chi connectivity index (χ0v) is 15.5. The summed E-state index contributed by atoms with van der Waals surface area (Å²) in [4.78, 5) is 9.40. The molecular weight excluding hydrogens is 316 g/mol. The van der Waals surface area contributed by atoms with Crippen molar-refractivity contribution < 1.29 is 9.63 Å². The maximum atomic E-state index is 10.8. The van der Waals surface area contributed by atoms with Crippen LogP contribution in [-0.2, 0) is 6.54 Å². The van der Waals surface area contributed by atoms with Gasteiger partial charge in [0.2, 0.25) is 5.89 Å². The van der Waals surface area contributed by atoms with Crippen molar-refractivity contribution in [3.8, 4) is 0 Å². The molecule has 2 heterocycles. The summed E-state index contributed by atoms with van der Waals surface area (Å²) in [5.41, 5.74) is -0.470. The average Bonchev–Trinajstić information content (AvgIpc) is 3.35. The van der Waals surface area contributed by atoms with E-state index in [2.05, 4.69) is 27.0 Å². The Morgan fingerprint density at radius 1 is 1.20 bits per heavy atom. The quantitative estimate of drug-likeness (QED) is 0.852. The first-order valence-electron chi connectivity index (χ1n) is 10.1. The highest BCUT2D eigenvalue weighted by Crippen LogP contribution is 2.39. The lowest BCUT2D eigenvalue weighted by molar-refractivity contribution is -0.0366. The third kappa shape index (κ3) is 4.41. The van der Waals surface area contributed by atoms with Crippen LogP contribution >= 0.6 is 0 Å². The lowest BCUT2D eigenvalue weighted by Gasteiger charge is -2.42. The molecule has 0 aromatic carbocycles. The summed E-state index contributed by atoms with van der Waals surface area (Å²) in [5, 5.41) is 15.0. The summed E-state index contributed by atoms with van der Waals surface area (Å²) in [7, 11) is 2.18. The zero-order valence-electron chi connectivity index (χ0n) is 15.5. The average molecular weight is 348 g/mol. The fourth-order valence-corrected chi connectivity index (χ4v) is 4.52. The standard InChI is InChI=1S/C19H32N4O2/c1-22(14-19(24)9-3-2-4-10-19)16-6-5-11-23(12-16)13-17-20-18(25-21-17)15-7-8-15/h15-16,24H,2-14H2,1H3/t16-/m1/s1. The second-order valence-electron chi connectivity index (χ2n) is 8.55. The maximum absolute atomic E-state index is 10.8. The number of nitrogens with zero attached hydrogens (tertiary/aromatic N) is 4. The molecule has 0 radical (unpaired) electrons. The van der Waals surface area contributed by atoms with Crippen molar-refractivity contribution in [2.24, 2.45) is 0 Å². The minimum absolute atomic E-state index is 0.470. The molecular formula is C19H32N4O2. The Morgan fingerprint density at radius 2 is 2.00 bits per heavy atom. The monoisotopic (exact) mass is 348 g/mol. The van der Waals surface area contributed by atoms with Gasteiger partial charge in [0, 0.05) is 25.0 Å².